The van der Waals surface area contributed by atoms with E-state index in [0.29, 0.717) is 16.5 Å². The summed E-state index contributed by atoms with van der Waals surface area (Å²) in [5, 5.41) is 13.1. The Bertz CT molecular complexity index is 768. The molecule has 0 heterocycles. The standard InChI is InChI=1S/C12H11NO5S.C2H6/c1-7(14)13-9-2-3-11-8(4-9)5-10(6-12(11)15)19(16,17)18;1-2/h2-6,15H,1H3,(H,13,14)(H,16,17,18);1-2H3. The van der Waals surface area contributed by atoms with Crippen molar-refractivity contribution in [3.8, 4) is 5.75 Å². The highest BCUT2D eigenvalue weighted by molar-refractivity contribution is 7.85. The number of hydrogen-bond acceptors (Lipinski definition) is 4. The average Bonchev–Trinajstić information content (AvgIpc) is 2.38. The van der Waals surface area contributed by atoms with Gasteiger partial charge in [-0.2, -0.15) is 8.42 Å². The third-order valence-electron chi connectivity index (χ3n) is 2.52. The van der Waals surface area contributed by atoms with Crippen LogP contribution in [0.4, 0.5) is 5.69 Å². The fourth-order valence-corrected chi connectivity index (χ4v) is 2.29. The van der Waals surface area contributed by atoms with Crippen molar-refractivity contribution in [1.82, 2.24) is 0 Å². The molecule has 0 aliphatic rings. The molecule has 0 unspecified atom stereocenters. The van der Waals surface area contributed by atoms with Crippen molar-refractivity contribution < 1.29 is 22.9 Å². The van der Waals surface area contributed by atoms with Gasteiger partial charge in [0.1, 0.15) is 5.75 Å². The van der Waals surface area contributed by atoms with Gasteiger partial charge in [-0.25, -0.2) is 0 Å². The first-order valence-corrected chi connectivity index (χ1v) is 7.73. The third kappa shape index (κ3) is 4.17. The van der Waals surface area contributed by atoms with Crippen molar-refractivity contribution in [3.05, 3.63) is 30.3 Å². The zero-order valence-corrected chi connectivity index (χ0v) is 12.7. The van der Waals surface area contributed by atoms with E-state index in [-0.39, 0.29) is 11.7 Å². The van der Waals surface area contributed by atoms with Gasteiger partial charge in [0.05, 0.1) is 4.90 Å². The van der Waals surface area contributed by atoms with Gasteiger partial charge in [0, 0.05) is 24.1 Å². The summed E-state index contributed by atoms with van der Waals surface area (Å²) in [4.78, 5) is 10.5. The molecule has 0 aliphatic heterocycles. The maximum Gasteiger partial charge on any atom is 0.294 e. The maximum absolute atomic E-state index is 11.1. The Labute approximate surface area is 123 Å². The molecule has 1 amide bonds. The Morgan fingerprint density at radius 2 is 1.76 bits per heavy atom. The summed E-state index contributed by atoms with van der Waals surface area (Å²) in [6, 6.07) is 6.82. The number of carbonyl (C=O) groups is 1. The second-order valence-corrected chi connectivity index (χ2v) is 5.46. The highest BCUT2D eigenvalue weighted by Crippen LogP contribution is 2.30. The highest BCUT2D eigenvalue weighted by Gasteiger charge is 2.13. The predicted molar refractivity (Wildman–Crippen MR) is 81.1 cm³/mol. The first kappa shape index (κ1) is 16.9. The molecule has 114 valence electrons. The summed E-state index contributed by atoms with van der Waals surface area (Å²) < 4.78 is 31.1. The predicted octanol–water partition coefficient (Wildman–Crippen LogP) is 2.78. The normalized spacial score (nSPS) is 10.7. The van der Waals surface area contributed by atoms with Gasteiger partial charge in [-0.3, -0.25) is 9.35 Å². The van der Waals surface area contributed by atoms with Gasteiger partial charge < -0.3 is 10.4 Å². The van der Waals surface area contributed by atoms with Crippen molar-refractivity contribution in [2.75, 3.05) is 5.32 Å². The van der Waals surface area contributed by atoms with Gasteiger partial charge in [-0.15, -0.1) is 0 Å². The SMILES string of the molecule is CC.CC(=O)Nc1ccc2c(O)cc(S(=O)(=O)O)cc2c1. The minimum Gasteiger partial charge on any atom is -0.507 e. The number of fused-ring (bicyclic) bond motifs is 1. The van der Waals surface area contributed by atoms with E-state index in [9.17, 15) is 18.3 Å². The Hall–Kier alpha value is -2.12. The molecule has 6 nitrogen and oxygen atoms in total. The zero-order valence-electron chi connectivity index (χ0n) is 11.9. The van der Waals surface area contributed by atoms with Crippen LogP contribution in [0.2, 0.25) is 0 Å². The van der Waals surface area contributed by atoms with E-state index in [2.05, 4.69) is 5.32 Å². The van der Waals surface area contributed by atoms with Crippen molar-refractivity contribution >= 4 is 32.5 Å². The lowest BCUT2D eigenvalue weighted by atomic mass is 10.1. The minimum absolute atomic E-state index is 0.264. The number of benzene rings is 2. The molecular formula is C14H17NO5S. The van der Waals surface area contributed by atoms with Crippen LogP contribution in [0.25, 0.3) is 10.8 Å². The lowest BCUT2D eigenvalue weighted by molar-refractivity contribution is -0.114. The third-order valence-corrected chi connectivity index (χ3v) is 3.35. The molecule has 0 fully saturated rings. The van der Waals surface area contributed by atoms with Crippen molar-refractivity contribution in [2.24, 2.45) is 0 Å². The van der Waals surface area contributed by atoms with E-state index in [1.165, 1.54) is 19.1 Å². The summed E-state index contributed by atoms with van der Waals surface area (Å²) >= 11 is 0. The number of carbonyl (C=O) groups excluding carboxylic acids is 1. The molecule has 2 aromatic rings. The highest BCUT2D eigenvalue weighted by atomic mass is 32.2. The van der Waals surface area contributed by atoms with Crippen molar-refractivity contribution in [1.29, 1.82) is 0 Å². The van der Waals surface area contributed by atoms with E-state index in [1.54, 1.807) is 12.1 Å². The van der Waals surface area contributed by atoms with Crippen LogP contribution in [0.3, 0.4) is 0 Å². The molecule has 0 bridgehead atoms. The lowest BCUT2D eigenvalue weighted by Crippen LogP contribution is -2.05. The number of aromatic hydroxyl groups is 1. The number of phenolic OH excluding ortho intramolecular Hbond substituents is 1. The topological polar surface area (TPSA) is 104 Å². The number of hydrogen-bond donors (Lipinski definition) is 3. The van der Waals surface area contributed by atoms with Crippen LogP contribution < -0.4 is 5.32 Å². The second-order valence-electron chi connectivity index (χ2n) is 4.03. The lowest BCUT2D eigenvalue weighted by Gasteiger charge is -2.07. The number of phenols is 1. The van der Waals surface area contributed by atoms with Crippen LogP contribution >= 0.6 is 0 Å². The molecular weight excluding hydrogens is 294 g/mol. The van der Waals surface area contributed by atoms with Crippen LogP contribution in [0.15, 0.2) is 35.2 Å². The molecule has 7 heteroatoms. The molecule has 2 rings (SSSR count). The Morgan fingerprint density at radius 1 is 1.14 bits per heavy atom. The summed E-state index contributed by atoms with van der Waals surface area (Å²) in [6.45, 7) is 5.34. The molecule has 0 aliphatic carbocycles. The molecule has 0 radical (unpaired) electrons. The number of rotatable bonds is 2. The van der Waals surface area contributed by atoms with Gasteiger partial charge in [0.15, 0.2) is 0 Å². The van der Waals surface area contributed by atoms with Crippen LogP contribution in [0.5, 0.6) is 5.75 Å². The zero-order chi connectivity index (χ0) is 16.2. The quantitative estimate of drug-likeness (QED) is 0.740. The molecule has 21 heavy (non-hydrogen) atoms. The van der Waals surface area contributed by atoms with Gasteiger partial charge >= 0.3 is 0 Å². The van der Waals surface area contributed by atoms with E-state index >= 15 is 0 Å². The summed E-state index contributed by atoms with van der Waals surface area (Å²) in [6.07, 6.45) is 0. The molecule has 3 N–H and O–H groups in total. The second kappa shape index (κ2) is 6.55. The Kier molecular flexibility index (Phi) is 5.28. The Balaban J connectivity index is 0.00000106. The molecule has 0 saturated carbocycles. The van der Waals surface area contributed by atoms with Gasteiger partial charge in [0.25, 0.3) is 10.1 Å². The fraction of sp³-hybridized carbons (Fsp3) is 0.214. The van der Waals surface area contributed by atoms with E-state index in [1.807, 2.05) is 13.8 Å². The minimum atomic E-state index is -4.40. The average molecular weight is 311 g/mol. The van der Waals surface area contributed by atoms with Gasteiger partial charge in [-0.1, -0.05) is 13.8 Å². The first-order valence-electron chi connectivity index (χ1n) is 6.29. The number of anilines is 1. The van der Waals surface area contributed by atoms with E-state index in [0.717, 1.165) is 6.07 Å². The molecule has 0 atom stereocenters. The van der Waals surface area contributed by atoms with Gasteiger partial charge in [-0.05, 0) is 29.7 Å². The summed E-state index contributed by atoms with van der Waals surface area (Å²) in [7, 11) is -4.40. The van der Waals surface area contributed by atoms with Crippen LogP contribution in [-0.2, 0) is 14.9 Å². The Morgan fingerprint density at radius 3 is 2.29 bits per heavy atom. The smallest absolute Gasteiger partial charge is 0.294 e. The maximum atomic E-state index is 11.1. The fourth-order valence-electron chi connectivity index (χ4n) is 1.75. The molecule has 0 aromatic heterocycles. The van der Waals surface area contributed by atoms with Crippen LogP contribution in [-0.4, -0.2) is 24.0 Å². The van der Waals surface area contributed by atoms with E-state index in [4.69, 9.17) is 4.55 Å². The van der Waals surface area contributed by atoms with Crippen LogP contribution in [0.1, 0.15) is 20.8 Å². The molecule has 0 saturated heterocycles. The number of nitrogens with one attached hydrogen (secondary N) is 1. The summed E-state index contributed by atoms with van der Waals surface area (Å²) in [5.74, 6) is -0.533. The van der Waals surface area contributed by atoms with Crippen LogP contribution in [0, 0.1) is 0 Å². The largest absolute Gasteiger partial charge is 0.507 e. The first-order chi connectivity index (χ1) is 9.77. The summed E-state index contributed by atoms with van der Waals surface area (Å²) in [5.41, 5.74) is 0.465. The monoisotopic (exact) mass is 311 g/mol. The van der Waals surface area contributed by atoms with E-state index < -0.39 is 15.0 Å². The van der Waals surface area contributed by atoms with Crippen molar-refractivity contribution in [3.63, 3.8) is 0 Å². The number of amides is 1. The molecule has 2 aromatic carbocycles. The molecule has 0 spiro atoms. The van der Waals surface area contributed by atoms with Gasteiger partial charge in [0.2, 0.25) is 5.91 Å². The van der Waals surface area contributed by atoms with Crippen molar-refractivity contribution in [2.45, 2.75) is 25.7 Å².